The summed E-state index contributed by atoms with van der Waals surface area (Å²) in [6.45, 7) is 2.02. The normalized spacial score (nSPS) is 11.8. The second-order valence-corrected chi connectivity index (χ2v) is 5.96. The largest absolute Gasteiger partial charge is 0.497 e. The number of rotatable bonds is 5. The van der Waals surface area contributed by atoms with Crippen LogP contribution in [-0.2, 0) is 0 Å². The fraction of sp³-hybridized carbons (Fsp3) is 0.462. The topological polar surface area (TPSA) is 41.6 Å². The van der Waals surface area contributed by atoms with Crippen molar-refractivity contribution < 1.29 is 9.53 Å². The Labute approximate surface area is 127 Å². The van der Waals surface area contributed by atoms with Crippen LogP contribution in [0.15, 0.2) is 22.7 Å². The minimum atomic E-state index is -0.129. The molecule has 0 aliphatic heterocycles. The van der Waals surface area contributed by atoms with Gasteiger partial charge in [-0.2, -0.15) is 11.8 Å². The third-order valence-electron chi connectivity index (χ3n) is 2.80. The van der Waals surface area contributed by atoms with Crippen molar-refractivity contribution in [3.8, 4) is 5.75 Å². The number of anilines is 1. The first-order valence-electron chi connectivity index (χ1n) is 5.86. The van der Waals surface area contributed by atoms with Gasteiger partial charge in [0.05, 0.1) is 12.8 Å². The second kappa shape index (κ2) is 7.65. The smallest absolute Gasteiger partial charge is 0.321 e. The molecule has 0 saturated heterocycles. The third-order valence-corrected chi connectivity index (χ3v) is 4.31. The number of ether oxygens (including phenoxy) is 1. The lowest BCUT2D eigenvalue weighted by atomic mass is 10.3. The minimum Gasteiger partial charge on any atom is -0.497 e. The summed E-state index contributed by atoms with van der Waals surface area (Å²) >= 11 is 5.13. The van der Waals surface area contributed by atoms with Gasteiger partial charge >= 0.3 is 6.03 Å². The van der Waals surface area contributed by atoms with E-state index in [0.29, 0.717) is 11.4 Å². The van der Waals surface area contributed by atoms with E-state index in [2.05, 4.69) is 21.2 Å². The number of halogens is 1. The van der Waals surface area contributed by atoms with Crippen LogP contribution in [0.5, 0.6) is 5.75 Å². The van der Waals surface area contributed by atoms with Crippen LogP contribution in [0.1, 0.15) is 6.92 Å². The SMILES string of the molecule is COc1ccc(Br)c(NC(=O)N(C)C(C)CSC)c1. The predicted molar refractivity (Wildman–Crippen MR) is 85.3 cm³/mol. The molecule has 0 saturated carbocycles. The van der Waals surface area contributed by atoms with Crippen LogP contribution in [0.2, 0.25) is 0 Å². The number of carbonyl (C=O) groups excluding carboxylic acids is 1. The monoisotopic (exact) mass is 346 g/mol. The average Bonchev–Trinajstić information content (AvgIpc) is 2.40. The molecule has 4 nitrogen and oxygen atoms in total. The predicted octanol–water partition coefficient (Wildman–Crippen LogP) is 3.67. The van der Waals surface area contributed by atoms with E-state index in [9.17, 15) is 4.79 Å². The van der Waals surface area contributed by atoms with Crippen molar-refractivity contribution in [3.63, 3.8) is 0 Å². The van der Waals surface area contributed by atoms with E-state index in [1.807, 2.05) is 25.3 Å². The molecule has 0 fully saturated rings. The van der Waals surface area contributed by atoms with Crippen molar-refractivity contribution in [1.29, 1.82) is 0 Å². The van der Waals surface area contributed by atoms with Gasteiger partial charge in [-0.05, 0) is 41.2 Å². The number of hydrogen-bond donors (Lipinski definition) is 1. The highest BCUT2D eigenvalue weighted by Crippen LogP contribution is 2.27. The molecule has 1 aromatic carbocycles. The highest BCUT2D eigenvalue weighted by atomic mass is 79.9. The number of urea groups is 1. The summed E-state index contributed by atoms with van der Waals surface area (Å²) in [7, 11) is 3.39. The number of amides is 2. The molecule has 1 unspecified atom stereocenters. The Kier molecular flexibility index (Phi) is 6.51. The Morgan fingerprint density at radius 3 is 2.84 bits per heavy atom. The van der Waals surface area contributed by atoms with Gasteiger partial charge in [0.15, 0.2) is 0 Å². The van der Waals surface area contributed by atoms with Crippen LogP contribution in [0.25, 0.3) is 0 Å². The number of methoxy groups -OCH3 is 1. The number of carbonyl (C=O) groups is 1. The lowest BCUT2D eigenvalue weighted by molar-refractivity contribution is 0.212. The van der Waals surface area contributed by atoms with Crippen molar-refractivity contribution in [1.82, 2.24) is 4.90 Å². The van der Waals surface area contributed by atoms with Gasteiger partial charge in [-0.3, -0.25) is 0 Å². The van der Waals surface area contributed by atoms with Crippen molar-refractivity contribution in [2.75, 3.05) is 31.5 Å². The average molecular weight is 347 g/mol. The first-order valence-corrected chi connectivity index (χ1v) is 8.04. The maximum absolute atomic E-state index is 12.1. The summed E-state index contributed by atoms with van der Waals surface area (Å²) in [4.78, 5) is 13.8. The molecule has 1 aromatic rings. The second-order valence-electron chi connectivity index (χ2n) is 4.19. The zero-order valence-corrected chi connectivity index (χ0v) is 14.0. The lowest BCUT2D eigenvalue weighted by Gasteiger charge is -2.25. The van der Waals surface area contributed by atoms with Crippen LogP contribution >= 0.6 is 27.7 Å². The summed E-state index contributed by atoms with van der Waals surface area (Å²) < 4.78 is 5.98. The van der Waals surface area contributed by atoms with Crippen molar-refractivity contribution in [2.45, 2.75) is 13.0 Å². The number of nitrogens with zero attached hydrogens (tertiary/aromatic N) is 1. The van der Waals surface area contributed by atoms with Gasteiger partial charge in [0.25, 0.3) is 0 Å². The number of benzene rings is 1. The maximum atomic E-state index is 12.1. The minimum absolute atomic E-state index is 0.129. The fourth-order valence-electron chi connectivity index (χ4n) is 1.48. The van der Waals surface area contributed by atoms with Gasteiger partial charge in [-0.15, -0.1) is 0 Å². The summed E-state index contributed by atoms with van der Waals surface area (Å²) in [5.41, 5.74) is 0.701. The summed E-state index contributed by atoms with van der Waals surface area (Å²) in [5, 5.41) is 2.87. The van der Waals surface area contributed by atoms with Gasteiger partial charge in [0, 0.05) is 29.4 Å². The summed E-state index contributed by atoms with van der Waals surface area (Å²) in [6, 6.07) is 5.52. The molecule has 1 rings (SSSR count). The molecular weight excluding hydrogens is 328 g/mol. The van der Waals surface area contributed by atoms with E-state index >= 15 is 0 Å². The molecule has 0 aliphatic rings. The van der Waals surface area contributed by atoms with E-state index in [-0.39, 0.29) is 12.1 Å². The quantitative estimate of drug-likeness (QED) is 0.884. The number of nitrogens with one attached hydrogen (secondary N) is 1. The highest BCUT2D eigenvalue weighted by molar-refractivity contribution is 9.10. The van der Waals surface area contributed by atoms with Gasteiger partial charge in [-0.1, -0.05) is 0 Å². The summed E-state index contributed by atoms with van der Waals surface area (Å²) in [6.07, 6.45) is 2.03. The molecule has 0 spiro atoms. The standard InChI is InChI=1S/C13H19BrN2O2S/c1-9(8-19-4)16(2)13(17)15-12-7-10(18-3)5-6-11(12)14/h5-7,9H,8H2,1-4H3,(H,15,17). The molecule has 6 heteroatoms. The number of hydrogen-bond acceptors (Lipinski definition) is 3. The van der Waals surface area contributed by atoms with Crippen molar-refractivity contribution in [2.24, 2.45) is 0 Å². The molecule has 106 valence electrons. The lowest BCUT2D eigenvalue weighted by Crippen LogP contribution is -2.39. The van der Waals surface area contributed by atoms with Crippen LogP contribution < -0.4 is 10.1 Å². The molecule has 1 N–H and O–H groups in total. The molecule has 19 heavy (non-hydrogen) atoms. The highest BCUT2D eigenvalue weighted by Gasteiger charge is 2.16. The van der Waals surface area contributed by atoms with E-state index in [1.54, 1.807) is 36.9 Å². The van der Waals surface area contributed by atoms with E-state index in [4.69, 9.17) is 4.74 Å². The van der Waals surface area contributed by atoms with Crippen molar-refractivity contribution in [3.05, 3.63) is 22.7 Å². The Hall–Kier alpha value is -0.880. The number of thioether (sulfide) groups is 1. The van der Waals surface area contributed by atoms with Crippen LogP contribution in [-0.4, -0.2) is 43.1 Å². The molecule has 0 heterocycles. The zero-order valence-electron chi connectivity index (χ0n) is 11.6. The Balaban J connectivity index is 2.76. The Morgan fingerprint density at radius 2 is 2.26 bits per heavy atom. The van der Waals surface area contributed by atoms with Gasteiger partial charge in [-0.25, -0.2) is 4.79 Å². The van der Waals surface area contributed by atoms with Gasteiger partial charge in [0.2, 0.25) is 0 Å². The molecule has 0 aromatic heterocycles. The maximum Gasteiger partial charge on any atom is 0.321 e. The fourth-order valence-corrected chi connectivity index (χ4v) is 2.54. The molecule has 2 amide bonds. The third kappa shape index (κ3) is 4.62. The zero-order chi connectivity index (χ0) is 14.4. The molecule has 0 bridgehead atoms. The van der Waals surface area contributed by atoms with Crippen LogP contribution in [0.4, 0.5) is 10.5 Å². The van der Waals surface area contributed by atoms with E-state index in [0.717, 1.165) is 10.2 Å². The van der Waals surface area contributed by atoms with Gasteiger partial charge in [0.1, 0.15) is 5.75 Å². The van der Waals surface area contributed by atoms with Crippen LogP contribution in [0.3, 0.4) is 0 Å². The van der Waals surface area contributed by atoms with Crippen molar-refractivity contribution >= 4 is 39.4 Å². The van der Waals surface area contributed by atoms with E-state index < -0.39 is 0 Å². The molecule has 0 radical (unpaired) electrons. The van der Waals surface area contributed by atoms with Gasteiger partial charge < -0.3 is 15.0 Å². The molecule has 1 atom stereocenters. The first-order chi connectivity index (χ1) is 8.99. The molecule has 0 aliphatic carbocycles. The first kappa shape index (κ1) is 16.2. The summed E-state index contributed by atoms with van der Waals surface area (Å²) in [5.74, 6) is 1.61. The van der Waals surface area contributed by atoms with E-state index in [1.165, 1.54) is 0 Å². The molecular formula is C13H19BrN2O2S. The Morgan fingerprint density at radius 1 is 1.58 bits per heavy atom. The Bertz CT molecular complexity index is 443. The van der Waals surface area contributed by atoms with Crippen LogP contribution in [0, 0.1) is 0 Å².